The summed E-state index contributed by atoms with van der Waals surface area (Å²) in [6.45, 7) is 7.17. The molecule has 0 saturated carbocycles. The van der Waals surface area contributed by atoms with Crippen molar-refractivity contribution in [3.05, 3.63) is 60.3 Å². The van der Waals surface area contributed by atoms with E-state index in [-0.39, 0.29) is 6.10 Å². The summed E-state index contributed by atoms with van der Waals surface area (Å²) < 4.78 is 13.6. The van der Waals surface area contributed by atoms with Crippen LogP contribution in [0.2, 0.25) is 0 Å². The van der Waals surface area contributed by atoms with Gasteiger partial charge in [-0.05, 0) is 37.6 Å². The Morgan fingerprint density at radius 3 is 2.71 bits per heavy atom. The molecule has 0 spiro atoms. The first-order valence-corrected chi connectivity index (χ1v) is 11.8. The number of fused-ring (bicyclic) bond motifs is 2. The lowest BCUT2D eigenvalue weighted by atomic mass is 10.1. The lowest BCUT2D eigenvalue weighted by Crippen LogP contribution is -2.36. The molecule has 1 saturated heterocycles. The van der Waals surface area contributed by atoms with Gasteiger partial charge in [0.05, 0.1) is 29.9 Å². The topological polar surface area (TPSA) is 94.0 Å². The van der Waals surface area contributed by atoms with Crippen LogP contribution in [0.3, 0.4) is 0 Å². The number of benzene rings is 2. The third kappa shape index (κ3) is 3.64. The van der Waals surface area contributed by atoms with Crippen molar-refractivity contribution in [2.75, 3.05) is 38.3 Å². The van der Waals surface area contributed by atoms with Crippen LogP contribution >= 0.6 is 0 Å². The molecule has 0 radical (unpaired) electrons. The van der Waals surface area contributed by atoms with Gasteiger partial charge in [0, 0.05) is 43.0 Å². The number of para-hydroxylation sites is 1. The highest BCUT2D eigenvalue weighted by molar-refractivity contribution is 5.97. The van der Waals surface area contributed by atoms with E-state index in [1.54, 1.807) is 7.11 Å². The Morgan fingerprint density at radius 1 is 1.09 bits per heavy atom. The Morgan fingerprint density at radius 2 is 1.94 bits per heavy atom. The van der Waals surface area contributed by atoms with E-state index in [1.807, 2.05) is 19.2 Å². The zero-order chi connectivity index (χ0) is 23.9. The molecule has 1 fully saturated rings. The number of anilines is 1. The number of hydrogen-bond acceptors (Lipinski definition) is 7. The van der Waals surface area contributed by atoms with Gasteiger partial charge in [-0.15, -0.1) is 0 Å². The molecule has 6 rings (SSSR count). The fraction of sp³-hybridized carbons (Fsp3) is 0.308. The third-order valence-electron chi connectivity index (χ3n) is 6.73. The maximum Gasteiger partial charge on any atom is 0.157 e. The monoisotopic (exact) mass is 469 g/mol. The molecule has 2 aromatic carbocycles. The Kier molecular flexibility index (Phi) is 5.43. The lowest BCUT2D eigenvalue weighted by molar-refractivity contribution is 0.111. The number of imidazole rings is 1. The molecule has 1 N–H and O–H groups in total. The Balaban J connectivity index is 1.70. The van der Waals surface area contributed by atoms with Crippen molar-refractivity contribution in [2.45, 2.75) is 20.0 Å². The number of rotatable bonds is 5. The van der Waals surface area contributed by atoms with Crippen LogP contribution in [-0.2, 0) is 9.47 Å². The van der Waals surface area contributed by atoms with Crippen LogP contribution in [0.15, 0.2) is 48.9 Å². The minimum atomic E-state index is -0.232. The summed E-state index contributed by atoms with van der Waals surface area (Å²) in [4.78, 5) is 16.6. The fourth-order valence-electron chi connectivity index (χ4n) is 4.84. The quantitative estimate of drug-likeness (QED) is 0.412. The van der Waals surface area contributed by atoms with Gasteiger partial charge in [-0.3, -0.25) is 14.6 Å². The molecule has 178 valence electrons. The van der Waals surface area contributed by atoms with Gasteiger partial charge in [0.1, 0.15) is 23.8 Å². The number of aromatic nitrogens is 6. The van der Waals surface area contributed by atoms with Crippen LogP contribution in [0, 0.1) is 6.92 Å². The number of hydrogen-bond donors (Lipinski definition) is 1. The molecule has 3 aromatic heterocycles. The largest absolute Gasteiger partial charge is 0.378 e. The van der Waals surface area contributed by atoms with Crippen LogP contribution in [-0.4, -0.2) is 63.1 Å². The van der Waals surface area contributed by atoms with Gasteiger partial charge < -0.3 is 14.4 Å². The van der Waals surface area contributed by atoms with Gasteiger partial charge >= 0.3 is 0 Å². The van der Waals surface area contributed by atoms with Gasteiger partial charge in [0.25, 0.3) is 0 Å². The van der Waals surface area contributed by atoms with Gasteiger partial charge in [-0.2, -0.15) is 5.10 Å². The van der Waals surface area contributed by atoms with E-state index in [4.69, 9.17) is 14.5 Å². The minimum Gasteiger partial charge on any atom is -0.378 e. The standard InChI is InChI=1S/C26H27N7O2/c1-16-5-4-6-19-21(7-8-27-23(16)19)33-22-14-18(32-9-11-35-12-10-32)13-20(25-28-15-29-31-25)24(22)30-26(33)17(2)34-3/h4-8,13-15,17H,9-12H2,1-3H3,(H,28,29,31). The Bertz CT molecular complexity index is 1500. The number of ether oxygens (including phenoxy) is 2. The number of H-pyrrole nitrogens is 1. The first-order valence-electron chi connectivity index (χ1n) is 11.8. The summed E-state index contributed by atoms with van der Waals surface area (Å²) in [5.41, 5.74) is 6.94. The second kappa shape index (κ2) is 8.75. The maximum absolute atomic E-state index is 5.78. The molecular weight excluding hydrogens is 442 g/mol. The van der Waals surface area contributed by atoms with E-state index >= 15 is 0 Å². The van der Waals surface area contributed by atoms with Crippen molar-refractivity contribution in [1.29, 1.82) is 0 Å². The highest BCUT2D eigenvalue weighted by Crippen LogP contribution is 2.37. The predicted octanol–water partition coefficient (Wildman–Crippen LogP) is 4.21. The van der Waals surface area contributed by atoms with Crippen LogP contribution in [0.25, 0.3) is 39.0 Å². The van der Waals surface area contributed by atoms with E-state index in [0.29, 0.717) is 19.0 Å². The Hall–Kier alpha value is -3.82. The molecule has 9 nitrogen and oxygen atoms in total. The number of methoxy groups -OCH3 is 1. The summed E-state index contributed by atoms with van der Waals surface area (Å²) in [6.07, 6.45) is 3.16. The summed E-state index contributed by atoms with van der Waals surface area (Å²) in [7, 11) is 1.71. The molecule has 1 aliphatic heterocycles. The van der Waals surface area contributed by atoms with Crippen molar-refractivity contribution >= 4 is 27.6 Å². The average molecular weight is 470 g/mol. The fourth-order valence-corrected chi connectivity index (χ4v) is 4.84. The molecule has 1 aliphatic rings. The maximum atomic E-state index is 5.78. The van der Waals surface area contributed by atoms with Crippen LogP contribution in [0.4, 0.5) is 5.69 Å². The molecule has 35 heavy (non-hydrogen) atoms. The zero-order valence-corrected chi connectivity index (χ0v) is 20.0. The molecule has 9 heteroatoms. The summed E-state index contributed by atoms with van der Waals surface area (Å²) >= 11 is 0. The summed E-state index contributed by atoms with van der Waals surface area (Å²) in [6, 6.07) is 12.7. The zero-order valence-electron chi connectivity index (χ0n) is 20.0. The van der Waals surface area contributed by atoms with Crippen molar-refractivity contribution in [3.8, 4) is 17.1 Å². The predicted molar refractivity (Wildman–Crippen MR) is 135 cm³/mol. The Labute approximate surface area is 202 Å². The summed E-state index contributed by atoms with van der Waals surface area (Å²) in [5.74, 6) is 1.50. The second-order valence-corrected chi connectivity index (χ2v) is 8.78. The first-order chi connectivity index (χ1) is 17.2. The van der Waals surface area contributed by atoms with Crippen LogP contribution in [0.5, 0.6) is 0 Å². The third-order valence-corrected chi connectivity index (χ3v) is 6.73. The SMILES string of the molecule is COC(C)c1nc2c(-c3ncn[nH]3)cc(N3CCOCC3)cc2n1-c1ccnc2c(C)cccc12. The molecule has 4 heterocycles. The average Bonchev–Trinajstić information content (AvgIpc) is 3.57. The van der Waals surface area contributed by atoms with Gasteiger partial charge in [-0.1, -0.05) is 18.2 Å². The summed E-state index contributed by atoms with van der Waals surface area (Å²) in [5, 5.41) is 8.19. The van der Waals surface area contributed by atoms with Gasteiger partial charge in [0.2, 0.25) is 0 Å². The first kappa shape index (κ1) is 21.7. The number of aromatic amines is 1. The molecule has 0 aliphatic carbocycles. The highest BCUT2D eigenvalue weighted by Gasteiger charge is 2.24. The minimum absolute atomic E-state index is 0.232. The second-order valence-electron chi connectivity index (χ2n) is 8.78. The van der Waals surface area contributed by atoms with E-state index in [0.717, 1.165) is 63.4 Å². The lowest BCUT2D eigenvalue weighted by Gasteiger charge is -2.29. The smallest absolute Gasteiger partial charge is 0.157 e. The number of aryl methyl sites for hydroxylation is 1. The number of morpholine rings is 1. The van der Waals surface area contributed by atoms with E-state index in [9.17, 15) is 0 Å². The molecule has 5 aromatic rings. The van der Waals surface area contributed by atoms with Gasteiger partial charge in [0.15, 0.2) is 5.82 Å². The molecule has 1 atom stereocenters. The van der Waals surface area contributed by atoms with E-state index in [2.05, 4.69) is 66.9 Å². The van der Waals surface area contributed by atoms with Crippen molar-refractivity contribution in [3.63, 3.8) is 0 Å². The van der Waals surface area contributed by atoms with Crippen molar-refractivity contribution in [2.24, 2.45) is 0 Å². The number of pyridine rings is 1. The molecule has 0 amide bonds. The van der Waals surface area contributed by atoms with Crippen molar-refractivity contribution < 1.29 is 9.47 Å². The molecular formula is C26H27N7O2. The van der Waals surface area contributed by atoms with E-state index < -0.39 is 0 Å². The van der Waals surface area contributed by atoms with Gasteiger partial charge in [-0.25, -0.2) is 9.97 Å². The van der Waals surface area contributed by atoms with Crippen LogP contribution < -0.4 is 4.90 Å². The molecule has 0 bridgehead atoms. The van der Waals surface area contributed by atoms with Crippen molar-refractivity contribution in [1.82, 2.24) is 29.7 Å². The number of nitrogens with one attached hydrogen (secondary N) is 1. The van der Waals surface area contributed by atoms with E-state index in [1.165, 1.54) is 6.33 Å². The van der Waals surface area contributed by atoms with Crippen LogP contribution in [0.1, 0.15) is 24.4 Å². The normalized spacial score (nSPS) is 15.2. The highest BCUT2D eigenvalue weighted by atomic mass is 16.5. The number of nitrogens with zero attached hydrogens (tertiary/aromatic N) is 6. The molecule has 1 unspecified atom stereocenters.